The van der Waals surface area contributed by atoms with Crippen molar-refractivity contribution in [2.24, 2.45) is 0 Å². The van der Waals surface area contributed by atoms with E-state index in [1.807, 2.05) is 0 Å². The minimum absolute atomic E-state index is 0.105. The maximum absolute atomic E-state index is 2.53. The van der Waals surface area contributed by atoms with Gasteiger partial charge in [-0.2, -0.15) is 0 Å². The van der Waals surface area contributed by atoms with E-state index in [1.165, 1.54) is 77.9 Å². The first-order chi connectivity index (χ1) is 26.8. The second-order valence-electron chi connectivity index (χ2n) is 16.2. The van der Waals surface area contributed by atoms with Crippen molar-refractivity contribution in [1.82, 2.24) is 0 Å². The number of nitrogens with zero attached hydrogens (tertiary/aromatic N) is 1. The zero-order valence-corrected chi connectivity index (χ0v) is 31.8. The molecule has 2 aliphatic carbocycles. The lowest BCUT2D eigenvalue weighted by Crippen LogP contribution is -2.17. The molecule has 264 valence electrons. The number of anilines is 3. The van der Waals surface area contributed by atoms with Crippen LogP contribution in [-0.2, 0) is 10.8 Å². The zero-order valence-electron chi connectivity index (χ0n) is 31.8. The molecule has 0 aromatic heterocycles. The second-order valence-corrected chi connectivity index (χ2v) is 16.2. The summed E-state index contributed by atoms with van der Waals surface area (Å²) in [5.74, 6) is 0. The molecule has 0 heterocycles. The van der Waals surface area contributed by atoms with Crippen molar-refractivity contribution in [3.05, 3.63) is 210 Å². The summed E-state index contributed by atoms with van der Waals surface area (Å²) in [6, 6.07) is 69.2. The maximum atomic E-state index is 2.53. The van der Waals surface area contributed by atoms with Crippen LogP contribution in [0.1, 0.15) is 49.9 Å². The van der Waals surface area contributed by atoms with Crippen molar-refractivity contribution in [3.63, 3.8) is 0 Å². The van der Waals surface area contributed by atoms with Gasteiger partial charge in [-0.15, -0.1) is 0 Å². The highest BCUT2D eigenvalue weighted by Gasteiger charge is 2.42. The molecule has 8 aromatic carbocycles. The van der Waals surface area contributed by atoms with Gasteiger partial charge in [0.1, 0.15) is 0 Å². The van der Waals surface area contributed by atoms with Crippen LogP contribution >= 0.6 is 0 Å². The van der Waals surface area contributed by atoms with Crippen LogP contribution in [0.5, 0.6) is 0 Å². The standard InChI is InChI=1S/C54H43N/c1-53(2)48-22-14-21-44(40-19-12-7-13-20-40)52(48)47-35-50-46(34-51(47)53)45-32-31-43(33-49(45)54(50,3)4)55(41-27-23-38(24-28-41)36-15-8-5-9-16-36)42-29-25-39(26-30-42)37-17-10-6-11-18-37/h5-35H,1-4H3. The van der Waals surface area contributed by atoms with Crippen LogP contribution in [-0.4, -0.2) is 0 Å². The Morgan fingerprint density at radius 1 is 0.291 bits per heavy atom. The average Bonchev–Trinajstić information content (AvgIpc) is 3.60. The fraction of sp³-hybridized carbons (Fsp3) is 0.111. The van der Waals surface area contributed by atoms with Crippen LogP contribution in [0.25, 0.3) is 55.6 Å². The summed E-state index contributed by atoms with van der Waals surface area (Å²) in [7, 11) is 0. The van der Waals surface area contributed by atoms with Gasteiger partial charge in [-0.3, -0.25) is 0 Å². The van der Waals surface area contributed by atoms with E-state index in [4.69, 9.17) is 0 Å². The first kappa shape index (κ1) is 33.2. The Balaban J connectivity index is 1.09. The summed E-state index contributed by atoms with van der Waals surface area (Å²) in [6.07, 6.45) is 0. The number of fused-ring (bicyclic) bond motifs is 6. The Bertz CT molecular complexity index is 2620. The van der Waals surface area contributed by atoms with Crippen molar-refractivity contribution in [3.8, 4) is 55.6 Å². The molecule has 0 bridgehead atoms. The number of benzene rings is 8. The van der Waals surface area contributed by atoms with Gasteiger partial charge >= 0.3 is 0 Å². The van der Waals surface area contributed by atoms with Gasteiger partial charge in [-0.1, -0.05) is 167 Å². The zero-order chi connectivity index (χ0) is 37.3. The molecule has 0 aliphatic heterocycles. The highest BCUT2D eigenvalue weighted by atomic mass is 15.1. The molecule has 0 unspecified atom stereocenters. The lowest BCUT2D eigenvalue weighted by Gasteiger charge is -2.28. The van der Waals surface area contributed by atoms with Crippen LogP contribution in [0.3, 0.4) is 0 Å². The quantitative estimate of drug-likeness (QED) is 0.166. The molecule has 0 N–H and O–H groups in total. The van der Waals surface area contributed by atoms with Gasteiger partial charge in [0.25, 0.3) is 0 Å². The van der Waals surface area contributed by atoms with Gasteiger partial charge in [0, 0.05) is 27.9 Å². The molecule has 2 aliphatic rings. The summed E-state index contributed by atoms with van der Waals surface area (Å²) in [6.45, 7) is 9.61. The highest BCUT2D eigenvalue weighted by Crippen LogP contribution is 2.58. The summed E-state index contributed by atoms with van der Waals surface area (Å²) in [5.41, 5.74) is 21.6. The van der Waals surface area contributed by atoms with Crippen LogP contribution < -0.4 is 4.90 Å². The number of rotatable bonds is 6. The van der Waals surface area contributed by atoms with Gasteiger partial charge in [-0.25, -0.2) is 0 Å². The van der Waals surface area contributed by atoms with Gasteiger partial charge in [0.15, 0.2) is 0 Å². The monoisotopic (exact) mass is 705 g/mol. The van der Waals surface area contributed by atoms with Crippen molar-refractivity contribution in [2.45, 2.75) is 38.5 Å². The van der Waals surface area contributed by atoms with E-state index in [9.17, 15) is 0 Å². The van der Waals surface area contributed by atoms with E-state index in [0.29, 0.717) is 0 Å². The molecule has 0 saturated heterocycles. The first-order valence-corrected chi connectivity index (χ1v) is 19.4. The van der Waals surface area contributed by atoms with E-state index >= 15 is 0 Å². The Kier molecular flexibility index (Phi) is 7.58. The SMILES string of the molecule is CC1(C)c2cc(N(c3ccc(-c4ccccc4)cc3)c3ccc(-c4ccccc4)cc3)ccc2-c2cc3c(cc21)-c1c(-c2ccccc2)cccc1C3(C)C. The summed E-state index contributed by atoms with van der Waals surface area (Å²) in [5, 5.41) is 0. The van der Waals surface area contributed by atoms with E-state index < -0.39 is 0 Å². The van der Waals surface area contributed by atoms with Gasteiger partial charge in [-0.05, 0) is 126 Å². The van der Waals surface area contributed by atoms with E-state index in [-0.39, 0.29) is 10.8 Å². The molecule has 0 spiro atoms. The third kappa shape index (κ3) is 5.29. The van der Waals surface area contributed by atoms with E-state index in [0.717, 1.165) is 17.1 Å². The summed E-state index contributed by atoms with van der Waals surface area (Å²) in [4.78, 5) is 2.41. The van der Waals surface area contributed by atoms with E-state index in [2.05, 4.69) is 221 Å². The Hall–Kier alpha value is -6.44. The number of hydrogen-bond acceptors (Lipinski definition) is 1. The van der Waals surface area contributed by atoms with Crippen LogP contribution in [0, 0.1) is 0 Å². The smallest absolute Gasteiger partial charge is 0.0465 e. The molecule has 55 heavy (non-hydrogen) atoms. The second kappa shape index (κ2) is 12.6. The normalized spacial score (nSPS) is 14.1. The highest BCUT2D eigenvalue weighted by molar-refractivity contribution is 5.96. The molecule has 0 atom stereocenters. The maximum Gasteiger partial charge on any atom is 0.0465 e. The Morgan fingerprint density at radius 2 is 0.727 bits per heavy atom. The fourth-order valence-corrected chi connectivity index (χ4v) is 9.31. The number of hydrogen-bond donors (Lipinski definition) is 0. The summed E-state index contributed by atoms with van der Waals surface area (Å²) >= 11 is 0. The molecule has 1 heteroatoms. The molecule has 0 saturated carbocycles. The van der Waals surface area contributed by atoms with Crippen LogP contribution in [0.4, 0.5) is 17.1 Å². The van der Waals surface area contributed by atoms with Gasteiger partial charge < -0.3 is 4.90 Å². The van der Waals surface area contributed by atoms with Crippen molar-refractivity contribution in [1.29, 1.82) is 0 Å². The van der Waals surface area contributed by atoms with Crippen molar-refractivity contribution in [2.75, 3.05) is 4.90 Å². The third-order valence-corrected chi connectivity index (χ3v) is 12.3. The fourth-order valence-electron chi connectivity index (χ4n) is 9.31. The molecular weight excluding hydrogens is 663 g/mol. The first-order valence-electron chi connectivity index (χ1n) is 19.4. The minimum atomic E-state index is -0.190. The molecule has 0 fully saturated rings. The Morgan fingerprint density at radius 3 is 1.29 bits per heavy atom. The van der Waals surface area contributed by atoms with E-state index in [1.54, 1.807) is 0 Å². The molecule has 8 aromatic rings. The molecule has 0 radical (unpaired) electrons. The minimum Gasteiger partial charge on any atom is -0.310 e. The van der Waals surface area contributed by atoms with Crippen LogP contribution in [0.2, 0.25) is 0 Å². The molecule has 1 nitrogen and oxygen atoms in total. The van der Waals surface area contributed by atoms with Gasteiger partial charge in [0.2, 0.25) is 0 Å². The molecular formula is C54H43N. The average molecular weight is 706 g/mol. The van der Waals surface area contributed by atoms with Crippen molar-refractivity contribution >= 4 is 17.1 Å². The van der Waals surface area contributed by atoms with Gasteiger partial charge in [0.05, 0.1) is 0 Å². The topological polar surface area (TPSA) is 3.24 Å². The van der Waals surface area contributed by atoms with Crippen LogP contribution in [0.15, 0.2) is 188 Å². The molecule has 0 amide bonds. The predicted octanol–water partition coefficient (Wildman–Crippen LogP) is 14.8. The predicted molar refractivity (Wildman–Crippen MR) is 233 cm³/mol. The lowest BCUT2D eigenvalue weighted by atomic mass is 9.79. The van der Waals surface area contributed by atoms with Crippen molar-refractivity contribution < 1.29 is 0 Å². The lowest BCUT2D eigenvalue weighted by molar-refractivity contribution is 0.652. The summed E-state index contributed by atoms with van der Waals surface area (Å²) < 4.78 is 0. The molecule has 10 rings (SSSR count). The largest absolute Gasteiger partial charge is 0.310 e. The Labute approximate surface area is 325 Å². The third-order valence-electron chi connectivity index (χ3n) is 12.3.